The predicted molar refractivity (Wildman–Crippen MR) is 116 cm³/mol. The summed E-state index contributed by atoms with van der Waals surface area (Å²) in [4.78, 5) is 21.5. The number of nitrogens with zero attached hydrogens (tertiary/aromatic N) is 4. The van der Waals surface area contributed by atoms with E-state index < -0.39 is 0 Å². The molecule has 0 atom stereocenters. The Morgan fingerprint density at radius 2 is 2.07 bits per heavy atom. The van der Waals surface area contributed by atoms with Gasteiger partial charge in [0.2, 0.25) is 0 Å². The van der Waals surface area contributed by atoms with Gasteiger partial charge in [-0.25, -0.2) is 4.79 Å². The fourth-order valence-corrected chi connectivity index (χ4v) is 4.70. The summed E-state index contributed by atoms with van der Waals surface area (Å²) in [5, 5.41) is 11.8. The molecule has 1 aliphatic carbocycles. The molecule has 2 amide bonds. The van der Waals surface area contributed by atoms with Gasteiger partial charge in [0.1, 0.15) is 5.69 Å². The Bertz CT molecular complexity index is 1130. The van der Waals surface area contributed by atoms with Crippen molar-refractivity contribution < 1.29 is 4.79 Å². The standard InChI is InChI=1S/C23H26N6O/c1-14-8-16(4-6-24-14)22-19-9-17-11-29(18-12-28(13-18)7-5-15-2-3-15)23(30)25-20(17)10-21(19)26-27-22/h4,6,8-10,15,18H,2-3,5,7,11-13H2,1H3,(H,25,30)(H,26,27). The topological polar surface area (TPSA) is 77.2 Å². The Kier molecular flexibility index (Phi) is 4.06. The largest absolute Gasteiger partial charge is 0.322 e. The molecule has 7 heteroatoms. The molecule has 7 nitrogen and oxygen atoms in total. The number of likely N-dealkylation sites (tertiary alicyclic amines) is 1. The molecule has 4 heterocycles. The second-order valence-corrected chi connectivity index (χ2v) is 9.02. The third-order valence-electron chi connectivity index (χ3n) is 6.73. The van der Waals surface area contributed by atoms with Crippen molar-refractivity contribution in [2.75, 3.05) is 25.0 Å². The third kappa shape index (κ3) is 3.13. The van der Waals surface area contributed by atoms with Gasteiger partial charge < -0.3 is 10.2 Å². The number of hydrogen-bond donors (Lipinski definition) is 2. The smallest absolute Gasteiger partial charge is 0.315 e. The number of carbonyl (C=O) groups is 1. The highest BCUT2D eigenvalue weighted by Crippen LogP contribution is 2.35. The molecule has 1 aromatic carbocycles. The molecular formula is C23H26N6O. The number of H-pyrrole nitrogens is 1. The lowest BCUT2D eigenvalue weighted by molar-refractivity contribution is 0.0509. The van der Waals surface area contributed by atoms with E-state index in [-0.39, 0.29) is 6.03 Å². The number of carbonyl (C=O) groups excluding carboxylic acids is 1. The van der Waals surface area contributed by atoms with Gasteiger partial charge in [-0.3, -0.25) is 15.0 Å². The summed E-state index contributed by atoms with van der Waals surface area (Å²) in [6.07, 6.45) is 5.95. The summed E-state index contributed by atoms with van der Waals surface area (Å²) < 4.78 is 0. The maximum atomic E-state index is 12.7. The summed E-state index contributed by atoms with van der Waals surface area (Å²) in [6, 6.07) is 8.54. The highest BCUT2D eigenvalue weighted by molar-refractivity contribution is 6.00. The van der Waals surface area contributed by atoms with Crippen LogP contribution in [0.1, 0.15) is 30.5 Å². The number of aryl methyl sites for hydroxylation is 1. The van der Waals surface area contributed by atoms with Crippen molar-refractivity contribution in [2.45, 2.75) is 38.8 Å². The van der Waals surface area contributed by atoms with Gasteiger partial charge in [-0.15, -0.1) is 0 Å². The minimum Gasteiger partial charge on any atom is -0.315 e. The lowest BCUT2D eigenvalue weighted by Gasteiger charge is -2.46. The number of benzene rings is 1. The van der Waals surface area contributed by atoms with E-state index in [1.807, 2.05) is 36.2 Å². The first-order valence-electron chi connectivity index (χ1n) is 10.9. The van der Waals surface area contributed by atoms with Crippen LogP contribution in [0.2, 0.25) is 0 Å². The van der Waals surface area contributed by atoms with Crippen LogP contribution in [0.25, 0.3) is 22.2 Å². The van der Waals surface area contributed by atoms with Gasteiger partial charge in [-0.1, -0.05) is 12.8 Å². The van der Waals surface area contributed by atoms with Crippen molar-refractivity contribution in [3.05, 3.63) is 41.7 Å². The van der Waals surface area contributed by atoms with E-state index in [0.717, 1.165) is 58.1 Å². The van der Waals surface area contributed by atoms with Crippen LogP contribution in [0.15, 0.2) is 30.5 Å². The van der Waals surface area contributed by atoms with Crippen molar-refractivity contribution in [1.29, 1.82) is 0 Å². The summed E-state index contributed by atoms with van der Waals surface area (Å²) in [7, 11) is 0. The van der Waals surface area contributed by atoms with Crippen LogP contribution in [0, 0.1) is 12.8 Å². The van der Waals surface area contributed by atoms with E-state index in [1.165, 1.54) is 25.8 Å². The van der Waals surface area contributed by atoms with Crippen molar-refractivity contribution in [1.82, 2.24) is 25.0 Å². The molecule has 2 aliphatic heterocycles. The Labute approximate surface area is 175 Å². The van der Waals surface area contributed by atoms with Crippen molar-refractivity contribution in [2.24, 2.45) is 5.92 Å². The second-order valence-electron chi connectivity index (χ2n) is 9.02. The number of amides is 2. The van der Waals surface area contributed by atoms with Crippen LogP contribution >= 0.6 is 0 Å². The van der Waals surface area contributed by atoms with Crippen LogP contribution in [0.5, 0.6) is 0 Å². The molecule has 2 N–H and O–H groups in total. The zero-order valence-electron chi connectivity index (χ0n) is 17.2. The van der Waals surface area contributed by atoms with Crippen LogP contribution < -0.4 is 5.32 Å². The molecule has 0 unspecified atom stereocenters. The maximum absolute atomic E-state index is 12.7. The van der Waals surface area contributed by atoms with Gasteiger partial charge in [0.25, 0.3) is 0 Å². The SMILES string of the molecule is Cc1cc(-c2n[nH]c3cc4c(cc23)CN(C2CN(CCC3CC3)C2)C(=O)N4)ccn1. The van der Waals surface area contributed by atoms with E-state index in [1.54, 1.807) is 0 Å². The lowest BCUT2D eigenvalue weighted by atomic mass is 10.0. The number of anilines is 1. The Morgan fingerprint density at radius 1 is 1.20 bits per heavy atom. The third-order valence-corrected chi connectivity index (χ3v) is 6.73. The molecule has 6 rings (SSSR count). The molecule has 154 valence electrons. The molecule has 1 saturated carbocycles. The monoisotopic (exact) mass is 402 g/mol. The van der Waals surface area contributed by atoms with E-state index in [2.05, 4.69) is 31.5 Å². The molecule has 3 aromatic rings. The predicted octanol–water partition coefficient (Wildman–Crippen LogP) is 3.77. The van der Waals surface area contributed by atoms with E-state index in [0.29, 0.717) is 12.6 Å². The average molecular weight is 403 g/mol. The van der Waals surface area contributed by atoms with Gasteiger partial charge in [-0.2, -0.15) is 5.10 Å². The molecule has 1 saturated heterocycles. The van der Waals surface area contributed by atoms with Crippen LogP contribution in [-0.2, 0) is 6.54 Å². The van der Waals surface area contributed by atoms with Crippen LogP contribution in [-0.4, -0.2) is 56.7 Å². The molecular weight excluding hydrogens is 376 g/mol. The molecule has 2 aromatic heterocycles. The van der Waals surface area contributed by atoms with Crippen molar-refractivity contribution in [3.8, 4) is 11.3 Å². The normalized spacial score (nSPS) is 19.6. The lowest BCUT2D eigenvalue weighted by Crippen LogP contribution is -2.62. The summed E-state index contributed by atoms with van der Waals surface area (Å²) in [6.45, 7) is 5.80. The van der Waals surface area contributed by atoms with Crippen LogP contribution in [0.4, 0.5) is 10.5 Å². The first kappa shape index (κ1) is 17.9. The molecule has 3 aliphatic rings. The van der Waals surface area contributed by atoms with E-state index in [4.69, 9.17) is 0 Å². The van der Waals surface area contributed by atoms with Crippen molar-refractivity contribution >= 4 is 22.6 Å². The van der Waals surface area contributed by atoms with Crippen LogP contribution in [0.3, 0.4) is 0 Å². The zero-order valence-corrected chi connectivity index (χ0v) is 17.2. The quantitative estimate of drug-likeness (QED) is 0.681. The minimum atomic E-state index is 0.0122. The highest BCUT2D eigenvalue weighted by atomic mass is 16.2. The summed E-state index contributed by atoms with van der Waals surface area (Å²) >= 11 is 0. The van der Waals surface area contributed by atoms with E-state index in [9.17, 15) is 4.79 Å². The van der Waals surface area contributed by atoms with Crippen molar-refractivity contribution in [3.63, 3.8) is 0 Å². The molecule has 0 spiro atoms. The molecule has 30 heavy (non-hydrogen) atoms. The zero-order chi connectivity index (χ0) is 20.2. The molecule has 0 bridgehead atoms. The summed E-state index contributed by atoms with van der Waals surface area (Å²) in [5.74, 6) is 0.963. The number of hydrogen-bond acceptors (Lipinski definition) is 4. The number of aromatic nitrogens is 3. The Hall–Kier alpha value is -2.93. The van der Waals surface area contributed by atoms with Gasteiger partial charge in [0.05, 0.1) is 11.6 Å². The number of nitrogens with one attached hydrogen (secondary N) is 2. The summed E-state index contributed by atoms with van der Waals surface area (Å²) in [5.41, 5.74) is 5.91. The average Bonchev–Trinajstić information content (AvgIpc) is 3.43. The number of rotatable bonds is 5. The fraction of sp³-hybridized carbons (Fsp3) is 0.435. The maximum Gasteiger partial charge on any atom is 0.322 e. The first-order chi connectivity index (χ1) is 14.6. The molecule has 2 fully saturated rings. The minimum absolute atomic E-state index is 0.0122. The fourth-order valence-electron chi connectivity index (χ4n) is 4.70. The number of pyridine rings is 1. The molecule has 0 radical (unpaired) electrons. The van der Waals surface area contributed by atoms with Gasteiger partial charge in [0.15, 0.2) is 0 Å². The Balaban J connectivity index is 1.24. The van der Waals surface area contributed by atoms with Gasteiger partial charge in [-0.05, 0) is 55.6 Å². The first-order valence-corrected chi connectivity index (χ1v) is 10.9. The number of fused-ring (bicyclic) bond motifs is 2. The Morgan fingerprint density at radius 3 is 2.87 bits per heavy atom. The van der Waals surface area contributed by atoms with E-state index >= 15 is 0 Å². The van der Waals surface area contributed by atoms with Gasteiger partial charge in [0, 0.05) is 48.2 Å². The highest BCUT2D eigenvalue weighted by Gasteiger charge is 2.37. The number of urea groups is 1. The van der Waals surface area contributed by atoms with Gasteiger partial charge >= 0.3 is 6.03 Å². The number of aromatic amines is 1. The second kappa shape index (κ2) is 6.80.